The predicted molar refractivity (Wildman–Crippen MR) is 55.9 cm³/mol. The average molecular weight is 215 g/mol. The van der Waals surface area contributed by atoms with Crippen molar-refractivity contribution in [3.8, 4) is 11.3 Å². The van der Waals surface area contributed by atoms with Crippen molar-refractivity contribution < 1.29 is 9.47 Å². The van der Waals surface area contributed by atoms with E-state index in [-0.39, 0.29) is 6.29 Å². The second-order valence-electron chi connectivity index (χ2n) is 3.34. The number of hydrogen-bond acceptors (Lipinski definition) is 4. The number of nitrogens with zero attached hydrogens (tertiary/aromatic N) is 2. The van der Waals surface area contributed by atoms with Crippen molar-refractivity contribution in [2.45, 2.75) is 6.29 Å². The predicted octanol–water partition coefficient (Wildman–Crippen LogP) is 1.99. The van der Waals surface area contributed by atoms with Gasteiger partial charge in [0.1, 0.15) is 12.5 Å². The Morgan fingerprint density at radius 1 is 1.12 bits per heavy atom. The Morgan fingerprint density at radius 2 is 2.00 bits per heavy atom. The Hall–Kier alpha value is -2.30. The van der Waals surface area contributed by atoms with Crippen molar-refractivity contribution in [3.05, 3.63) is 48.8 Å². The van der Waals surface area contributed by atoms with Crippen molar-refractivity contribution in [2.24, 2.45) is 0 Å². The summed E-state index contributed by atoms with van der Waals surface area (Å²) in [5, 5.41) is 6.62. The van der Waals surface area contributed by atoms with E-state index < -0.39 is 0 Å². The first kappa shape index (κ1) is 8.96. The maximum Gasteiger partial charge on any atom is 0.267 e. The summed E-state index contributed by atoms with van der Waals surface area (Å²) in [4.78, 5) is 4.32. The van der Waals surface area contributed by atoms with Crippen molar-refractivity contribution in [1.82, 2.24) is 15.2 Å². The van der Waals surface area contributed by atoms with Crippen LogP contribution in [-0.2, 0) is 9.47 Å². The van der Waals surface area contributed by atoms with Crippen LogP contribution >= 0.6 is 0 Å². The topological polar surface area (TPSA) is 60.0 Å². The molecule has 0 spiro atoms. The molecule has 3 rings (SSSR count). The van der Waals surface area contributed by atoms with Gasteiger partial charge in [-0.25, -0.2) is 0 Å². The first-order valence-corrected chi connectivity index (χ1v) is 4.84. The molecule has 0 fully saturated rings. The Balaban J connectivity index is 1.85. The van der Waals surface area contributed by atoms with E-state index in [4.69, 9.17) is 9.47 Å². The molecule has 80 valence electrons. The summed E-state index contributed by atoms with van der Waals surface area (Å²) in [5.74, 6) is 0. The minimum atomic E-state index is -0.370. The van der Waals surface area contributed by atoms with Gasteiger partial charge in [0.25, 0.3) is 6.29 Å². The summed E-state index contributed by atoms with van der Waals surface area (Å²) in [6.45, 7) is 0. The average Bonchev–Trinajstić information content (AvgIpc) is 3.03. The number of nitrogens with one attached hydrogen (secondary N) is 1. The molecular formula is C11H9N3O2. The minimum Gasteiger partial charge on any atom is -0.455 e. The highest BCUT2D eigenvalue weighted by atomic mass is 16.7. The lowest BCUT2D eigenvalue weighted by Crippen LogP contribution is -1.98. The van der Waals surface area contributed by atoms with Gasteiger partial charge in [0.2, 0.25) is 0 Å². The van der Waals surface area contributed by atoms with Gasteiger partial charge in [0.05, 0.1) is 17.5 Å². The van der Waals surface area contributed by atoms with Crippen LogP contribution in [0.25, 0.3) is 11.3 Å². The van der Waals surface area contributed by atoms with Gasteiger partial charge >= 0.3 is 0 Å². The summed E-state index contributed by atoms with van der Waals surface area (Å²) in [7, 11) is 0. The highest BCUT2D eigenvalue weighted by molar-refractivity contribution is 5.56. The van der Waals surface area contributed by atoms with Crippen molar-refractivity contribution >= 4 is 0 Å². The van der Waals surface area contributed by atoms with E-state index in [2.05, 4.69) is 15.2 Å². The zero-order chi connectivity index (χ0) is 10.8. The van der Waals surface area contributed by atoms with Crippen LogP contribution in [0.2, 0.25) is 0 Å². The molecule has 2 aromatic rings. The van der Waals surface area contributed by atoms with E-state index in [1.807, 2.05) is 12.1 Å². The van der Waals surface area contributed by atoms with Crippen LogP contribution in [0.5, 0.6) is 0 Å². The maximum atomic E-state index is 5.21. The molecule has 0 aliphatic carbocycles. The van der Waals surface area contributed by atoms with E-state index in [0.717, 1.165) is 16.8 Å². The molecule has 0 bridgehead atoms. The molecule has 0 unspecified atom stereocenters. The molecule has 0 amide bonds. The Kier molecular flexibility index (Phi) is 2.07. The van der Waals surface area contributed by atoms with Crippen molar-refractivity contribution in [2.75, 3.05) is 0 Å². The molecule has 0 saturated carbocycles. The van der Waals surface area contributed by atoms with Crippen LogP contribution in [0.15, 0.2) is 43.2 Å². The zero-order valence-electron chi connectivity index (χ0n) is 8.33. The number of hydrogen-bond donors (Lipinski definition) is 1. The maximum absolute atomic E-state index is 5.21. The molecule has 1 aliphatic heterocycles. The third kappa shape index (κ3) is 1.52. The quantitative estimate of drug-likeness (QED) is 0.832. The molecule has 5 heteroatoms. The van der Waals surface area contributed by atoms with Crippen LogP contribution in [0.1, 0.15) is 11.9 Å². The zero-order valence-corrected chi connectivity index (χ0v) is 8.33. The molecule has 1 N–H and O–H groups in total. The molecule has 3 heterocycles. The SMILES string of the molecule is C1=COC(c2ccc(-c3cn[nH]c3)nc2)O1. The van der Waals surface area contributed by atoms with Crippen LogP contribution in [0, 0.1) is 0 Å². The lowest BCUT2D eigenvalue weighted by atomic mass is 10.2. The van der Waals surface area contributed by atoms with Gasteiger partial charge in [0.15, 0.2) is 0 Å². The van der Waals surface area contributed by atoms with Gasteiger partial charge in [-0.15, -0.1) is 0 Å². The summed E-state index contributed by atoms with van der Waals surface area (Å²) in [6.07, 6.45) is 7.94. The van der Waals surface area contributed by atoms with Gasteiger partial charge < -0.3 is 9.47 Å². The van der Waals surface area contributed by atoms with Crippen LogP contribution in [0.4, 0.5) is 0 Å². The summed E-state index contributed by atoms with van der Waals surface area (Å²) in [5.41, 5.74) is 2.71. The van der Waals surface area contributed by atoms with E-state index >= 15 is 0 Å². The van der Waals surface area contributed by atoms with Crippen LogP contribution in [0.3, 0.4) is 0 Å². The van der Waals surface area contributed by atoms with Gasteiger partial charge in [0, 0.05) is 18.0 Å². The number of rotatable bonds is 2. The lowest BCUT2D eigenvalue weighted by Gasteiger charge is -2.09. The highest BCUT2D eigenvalue weighted by Gasteiger charge is 2.15. The number of ether oxygens (including phenoxy) is 2. The van der Waals surface area contributed by atoms with Crippen molar-refractivity contribution in [1.29, 1.82) is 0 Å². The first-order valence-electron chi connectivity index (χ1n) is 4.84. The highest BCUT2D eigenvalue weighted by Crippen LogP contribution is 2.24. The number of aromatic amines is 1. The molecule has 0 atom stereocenters. The Morgan fingerprint density at radius 3 is 2.62 bits per heavy atom. The fourth-order valence-corrected chi connectivity index (χ4v) is 1.50. The van der Waals surface area contributed by atoms with Crippen molar-refractivity contribution in [3.63, 3.8) is 0 Å². The second-order valence-corrected chi connectivity index (χ2v) is 3.34. The van der Waals surface area contributed by atoms with Gasteiger partial charge in [-0.1, -0.05) is 0 Å². The number of aromatic nitrogens is 3. The van der Waals surface area contributed by atoms with Crippen LogP contribution in [-0.4, -0.2) is 15.2 Å². The normalized spacial score (nSPS) is 14.8. The lowest BCUT2D eigenvalue weighted by molar-refractivity contribution is -0.0248. The summed E-state index contributed by atoms with van der Waals surface area (Å²) in [6, 6.07) is 3.83. The van der Waals surface area contributed by atoms with E-state index in [1.165, 1.54) is 12.5 Å². The first-order chi connectivity index (χ1) is 7.93. The molecular weight excluding hydrogens is 206 g/mol. The molecule has 1 aliphatic rings. The second kappa shape index (κ2) is 3.69. The molecule has 2 aromatic heterocycles. The number of pyridine rings is 1. The van der Waals surface area contributed by atoms with Gasteiger partial charge in [-0.3, -0.25) is 10.1 Å². The summed E-state index contributed by atoms with van der Waals surface area (Å²) < 4.78 is 10.4. The van der Waals surface area contributed by atoms with E-state index in [1.54, 1.807) is 18.6 Å². The Labute approximate surface area is 91.7 Å². The van der Waals surface area contributed by atoms with E-state index in [0.29, 0.717) is 0 Å². The largest absolute Gasteiger partial charge is 0.455 e. The third-order valence-electron chi connectivity index (χ3n) is 2.31. The smallest absolute Gasteiger partial charge is 0.267 e. The molecule has 0 aromatic carbocycles. The molecule has 0 saturated heterocycles. The molecule has 16 heavy (non-hydrogen) atoms. The fraction of sp³-hybridized carbons (Fsp3) is 0.0909. The minimum absolute atomic E-state index is 0.370. The summed E-state index contributed by atoms with van der Waals surface area (Å²) >= 11 is 0. The Bertz CT molecular complexity index is 482. The monoisotopic (exact) mass is 215 g/mol. The standard InChI is InChI=1S/C11H9N3O2/c1-2-10(9-6-13-14-7-9)12-5-8(1)11-15-3-4-16-11/h1-7,11H,(H,13,14). The molecule has 0 radical (unpaired) electrons. The van der Waals surface area contributed by atoms with Gasteiger partial charge in [-0.2, -0.15) is 5.10 Å². The number of H-pyrrole nitrogens is 1. The van der Waals surface area contributed by atoms with Gasteiger partial charge in [-0.05, 0) is 12.1 Å². The fourth-order valence-electron chi connectivity index (χ4n) is 1.50. The van der Waals surface area contributed by atoms with E-state index in [9.17, 15) is 0 Å². The molecule has 5 nitrogen and oxygen atoms in total. The van der Waals surface area contributed by atoms with Crippen LogP contribution < -0.4 is 0 Å². The third-order valence-corrected chi connectivity index (χ3v) is 2.31.